The lowest BCUT2D eigenvalue weighted by Crippen LogP contribution is -2.43. The molecule has 5 nitrogen and oxygen atoms in total. The molecule has 1 aliphatic heterocycles. The number of alkyl halides is 1. The Hall–Kier alpha value is -1.61. The third-order valence-electron chi connectivity index (χ3n) is 2.90. The molecular weight excluding hydrogens is 259 g/mol. The zero-order valence-corrected chi connectivity index (χ0v) is 10.4. The van der Waals surface area contributed by atoms with Crippen molar-refractivity contribution in [1.29, 1.82) is 5.26 Å². The molecule has 0 radical (unpaired) electrons. The Balaban J connectivity index is 1.86. The Morgan fingerprint density at radius 1 is 1.44 bits per heavy atom. The predicted octanol–water partition coefficient (Wildman–Crippen LogP) is 1.79. The highest BCUT2D eigenvalue weighted by molar-refractivity contribution is 6.28. The molecule has 0 aromatic carbocycles. The van der Waals surface area contributed by atoms with Crippen molar-refractivity contribution in [1.82, 2.24) is 14.9 Å². The number of nitriles is 1. The van der Waals surface area contributed by atoms with E-state index in [4.69, 9.17) is 21.6 Å². The molecule has 1 aliphatic rings. The number of rotatable bonds is 3. The Labute approximate surface area is 109 Å². The van der Waals surface area contributed by atoms with Gasteiger partial charge in [0.05, 0.1) is 12.4 Å². The molecule has 0 aliphatic carbocycles. The van der Waals surface area contributed by atoms with Gasteiger partial charge in [0.25, 0.3) is 0 Å². The number of piperidine rings is 1. The molecule has 2 heterocycles. The van der Waals surface area contributed by atoms with Crippen molar-refractivity contribution in [3.63, 3.8) is 0 Å². The van der Waals surface area contributed by atoms with E-state index in [1.54, 1.807) is 4.90 Å². The van der Waals surface area contributed by atoms with Crippen LogP contribution in [0.25, 0.3) is 0 Å². The summed E-state index contributed by atoms with van der Waals surface area (Å²) in [5.41, 5.74) is -1.40. The van der Waals surface area contributed by atoms with Crippen LogP contribution in [0.3, 0.4) is 0 Å². The fraction of sp³-hybridized carbons (Fsp3) is 0.545. The summed E-state index contributed by atoms with van der Waals surface area (Å²) in [5.74, 6) is 0.388. The lowest BCUT2D eigenvalue weighted by Gasteiger charge is -2.33. The maximum Gasteiger partial charge on any atom is 0.222 e. The van der Waals surface area contributed by atoms with Gasteiger partial charge in [-0.15, -0.1) is 0 Å². The van der Waals surface area contributed by atoms with Crippen LogP contribution < -0.4 is 4.74 Å². The van der Waals surface area contributed by atoms with Crippen molar-refractivity contribution < 1.29 is 9.13 Å². The number of nitrogens with zero attached hydrogens (tertiary/aromatic N) is 4. The van der Waals surface area contributed by atoms with Gasteiger partial charge in [-0.3, -0.25) is 0 Å². The van der Waals surface area contributed by atoms with Crippen molar-refractivity contribution >= 4 is 11.6 Å². The van der Waals surface area contributed by atoms with Crippen molar-refractivity contribution in [3.8, 4) is 11.9 Å². The molecule has 7 heteroatoms. The van der Waals surface area contributed by atoms with Crippen molar-refractivity contribution in [2.45, 2.75) is 18.5 Å². The molecule has 0 unspecified atom stereocenters. The Morgan fingerprint density at radius 3 is 2.61 bits per heavy atom. The summed E-state index contributed by atoms with van der Waals surface area (Å²) in [4.78, 5) is 9.04. The first-order chi connectivity index (χ1) is 8.61. The highest BCUT2D eigenvalue weighted by atomic mass is 35.5. The Bertz CT molecular complexity index is 439. The van der Waals surface area contributed by atoms with E-state index in [2.05, 4.69) is 9.97 Å². The summed E-state index contributed by atoms with van der Waals surface area (Å²) in [6, 6.07) is 0. The van der Waals surface area contributed by atoms with Crippen LogP contribution in [0.15, 0.2) is 12.4 Å². The molecule has 1 saturated heterocycles. The van der Waals surface area contributed by atoms with Gasteiger partial charge in [-0.05, 0) is 11.6 Å². The van der Waals surface area contributed by atoms with Gasteiger partial charge in [-0.2, -0.15) is 5.26 Å². The van der Waals surface area contributed by atoms with Gasteiger partial charge in [0.2, 0.25) is 5.28 Å². The van der Waals surface area contributed by atoms with Crippen molar-refractivity contribution in [2.24, 2.45) is 0 Å². The first-order valence-electron chi connectivity index (χ1n) is 5.55. The van der Waals surface area contributed by atoms with Crippen LogP contribution in [0.5, 0.6) is 5.75 Å². The smallest absolute Gasteiger partial charge is 0.222 e. The van der Waals surface area contributed by atoms with Gasteiger partial charge >= 0.3 is 0 Å². The molecule has 18 heavy (non-hydrogen) atoms. The van der Waals surface area contributed by atoms with Crippen LogP contribution in [-0.4, -0.2) is 40.2 Å². The second-order valence-corrected chi connectivity index (χ2v) is 4.55. The van der Waals surface area contributed by atoms with E-state index in [0.29, 0.717) is 18.8 Å². The molecular formula is C11H12ClFN4O. The maximum atomic E-state index is 14.3. The Kier molecular flexibility index (Phi) is 3.82. The van der Waals surface area contributed by atoms with Gasteiger partial charge in [-0.25, -0.2) is 14.4 Å². The third kappa shape index (κ3) is 3.20. The first kappa shape index (κ1) is 12.8. The minimum absolute atomic E-state index is 0.0583. The van der Waals surface area contributed by atoms with E-state index in [-0.39, 0.29) is 24.7 Å². The van der Waals surface area contributed by atoms with Crippen LogP contribution in [-0.2, 0) is 0 Å². The first-order valence-corrected chi connectivity index (χ1v) is 5.93. The second kappa shape index (κ2) is 5.36. The summed E-state index contributed by atoms with van der Waals surface area (Å²) in [6.07, 6.45) is 5.40. The van der Waals surface area contributed by atoms with Gasteiger partial charge in [0.1, 0.15) is 12.3 Å². The number of hydrogen-bond donors (Lipinski definition) is 0. The van der Waals surface area contributed by atoms with Crippen molar-refractivity contribution in [3.05, 3.63) is 17.7 Å². The van der Waals surface area contributed by atoms with E-state index in [9.17, 15) is 4.39 Å². The topological polar surface area (TPSA) is 62.0 Å². The Morgan fingerprint density at radius 2 is 2.06 bits per heavy atom. The normalized spacial score (nSPS) is 18.2. The quantitative estimate of drug-likeness (QED) is 0.619. The monoisotopic (exact) mass is 270 g/mol. The maximum absolute atomic E-state index is 14.3. The molecule has 0 N–H and O–H groups in total. The van der Waals surface area contributed by atoms with E-state index in [1.165, 1.54) is 12.4 Å². The molecule has 0 spiro atoms. The van der Waals surface area contributed by atoms with Gasteiger partial charge in [0.15, 0.2) is 11.9 Å². The van der Waals surface area contributed by atoms with E-state index in [1.807, 2.05) is 6.19 Å². The highest BCUT2D eigenvalue weighted by Crippen LogP contribution is 2.27. The van der Waals surface area contributed by atoms with E-state index < -0.39 is 5.67 Å². The molecule has 1 fully saturated rings. The van der Waals surface area contributed by atoms with Crippen LogP contribution in [0, 0.1) is 11.5 Å². The second-order valence-electron chi connectivity index (χ2n) is 4.21. The molecule has 0 atom stereocenters. The lowest BCUT2D eigenvalue weighted by molar-refractivity contribution is 0.0310. The summed E-state index contributed by atoms with van der Waals surface area (Å²) in [7, 11) is 0. The molecule has 1 aromatic heterocycles. The molecule has 1 aromatic rings. The molecule has 96 valence electrons. The standard InChI is InChI=1S/C11H12ClFN4O/c12-10-15-5-9(6-16-10)18-7-11(13)1-3-17(8-14)4-2-11/h5-6H,1-4,7H2. The fourth-order valence-corrected chi connectivity index (χ4v) is 1.84. The minimum atomic E-state index is -1.40. The summed E-state index contributed by atoms with van der Waals surface area (Å²) in [6.45, 7) is 0.790. The third-order valence-corrected chi connectivity index (χ3v) is 3.09. The molecule has 2 rings (SSSR count). The number of likely N-dealkylation sites (tertiary alicyclic amines) is 1. The van der Waals surface area contributed by atoms with Crippen LogP contribution in [0.4, 0.5) is 4.39 Å². The zero-order valence-electron chi connectivity index (χ0n) is 9.64. The number of ether oxygens (including phenoxy) is 1. The highest BCUT2D eigenvalue weighted by Gasteiger charge is 2.35. The molecule has 0 saturated carbocycles. The van der Waals surface area contributed by atoms with Crippen molar-refractivity contribution in [2.75, 3.05) is 19.7 Å². The van der Waals surface area contributed by atoms with Gasteiger partial charge in [-0.1, -0.05) is 0 Å². The molecule has 0 bridgehead atoms. The number of hydrogen-bond acceptors (Lipinski definition) is 5. The summed E-state index contributed by atoms with van der Waals surface area (Å²) in [5, 5.41) is 8.81. The lowest BCUT2D eigenvalue weighted by atomic mass is 9.94. The number of halogens is 2. The van der Waals surface area contributed by atoms with Crippen LogP contribution in [0.2, 0.25) is 5.28 Å². The van der Waals surface area contributed by atoms with E-state index >= 15 is 0 Å². The van der Waals surface area contributed by atoms with Gasteiger partial charge < -0.3 is 9.64 Å². The van der Waals surface area contributed by atoms with Crippen LogP contribution in [0.1, 0.15) is 12.8 Å². The minimum Gasteiger partial charge on any atom is -0.487 e. The predicted molar refractivity (Wildman–Crippen MR) is 62.8 cm³/mol. The summed E-state index contributed by atoms with van der Waals surface area (Å²) >= 11 is 5.53. The SMILES string of the molecule is N#CN1CCC(F)(COc2cnc(Cl)nc2)CC1. The fourth-order valence-electron chi connectivity index (χ4n) is 1.74. The van der Waals surface area contributed by atoms with Gasteiger partial charge in [0, 0.05) is 25.9 Å². The zero-order chi connectivity index (χ0) is 13.0. The summed E-state index contributed by atoms with van der Waals surface area (Å²) < 4.78 is 19.6. The largest absolute Gasteiger partial charge is 0.487 e. The average Bonchev–Trinajstić information content (AvgIpc) is 2.39. The number of aromatic nitrogens is 2. The average molecular weight is 271 g/mol. The van der Waals surface area contributed by atoms with E-state index in [0.717, 1.165) is 0 Å². The molecule has 0 amide bonds. The van der Waals surface area contributed by atoms with Crippen LogP contribution >= 0.6 is 11.6 Å².